The SMILES string of the molecule is CCOC(=O)C1CCN(c2ccc(C(=O)Nc3cc(CN(CC)CC)c(-c4ccc(C(F)(F)F)cc4)cn3)cc2)CC1. The van der Waals surface area contributed by atoms with Crippen LogP contribution in [0.2, 0.25) is 0 Å². The van der Waals surface area contributed by atoms with Gasteiger partial charge in [-0.25, -0.2) is 4.98 Å². The van der Waals surface area contributed by atoms with Crippen molar-refractivity contribution >= 4 is 23.4 Å². The van der Waals surface area contributed by atoms with Crippen LogP contribution in [0.5, 0.6) is 0 Å². The maximum Gasteiger partial charge on any atom is 0.416 e. The first-order valence-corrected chi connectivity index (χ1v) is 14.3. The first kappa shape index (κ1) is 31.0. The number of carbonyl (C=O) groups excluding carboxylic acids is 2. The van der Waals surface area contributed by atoms with Crippen LogP contribution in [0.15, 0.2) is 60.8 Å². The van der Waals surface area contributed by atoms with Crippen LogP contribution < -0.4 is 10.2 Å². The number of rotatable bonds is 10. The van der Waals surface area contributed by atoms with Crippen LogP contribution in [0.3, 0.4) is 0 Å². The van der Waals surface area contributed by atoms with Gasteiger partial charge >= 0.3 is 12.1 Å². The van der Waals surface area contributed by atoms with Crippen molar-refractivity contribution in [3.05, 3.63) is 77.5 Å². The molecular formula is C32H37F3N4O3. The summed E-state index contributed by atoms with van der Waals surface area (Å²) < 4.78 is 44.4. The number of benzene rings is 2. The third kappa shape index (κ3) is 7.67. The number of amides is 1. The lowest BCUT2D eigenvalue weighted by molar-refractivity contribution is -0.148. The van der Waals surface area contributed by atoms with Crippen molar-refractivity contribution in [3.8, 4) is 11.1 Å². The fraction of sp³-hybridized carbons (Fsp3) is 0.406. The van der Waals surface area contributed by atoms with Gasteiger partial charge in [0.1, 0.15) is 5.82 Å². The van der Waals surface area contributed by atoms with Gasteiger partial charge in [0.15, 0.2) is 0 Å². The highest BCUT2D eigenvalue weighted by Gasteiger charge is 2.30. The van der Waals surface area contributed by atoms with Gasteiger partial charge in [0.2, 0.25) is 0 Å². The van der Waals surface area contributed by atoms with E-state index in [-0.39, 0.29) is 17.8 Å². The Labute approximate surface area is 244 Å². The van der Waals surface area contributed by atoms with Crippen LogP contribution >= 0.6 is 0 Å². The number of hydrogen-bond donors (Lipinski definition) is 1. The molecule has 42 heavy (non-hydrogen) atoms. The summed E-state index contributed by atoms with van der Waals surface area (Å²) in [6.07, 6.45) is -1.36. The molecule has 0 bridgehead atoms. The molecule has 0 aliphatic carbocycles. The monoisotopic (exact) mass is 582 g/mol. The minimum atomic E-state index is -4.41. The van der Waals surface area contributed by atoms with Gasteiger partial charge in [0.05, 0.1) is 18.1 Å². The molecule has 0 unspecified atom stereocenters. The topological polar surface area (TPSA) is 74.8 Å². The molecule has 0 atom stereocenters. The highest BCUT2D eigenvalue weighted by molar-refractivity contribution is 6.04. The molecule has 1 N–H and O–H groups in total. The Bertz CT molecular complexity index is 1350. The quantitative estimate of drug-likeness (QED) is 0.270. The molecule has 224 valence electrons. The predicted molar refractivity (Wildman–Crippen MR) is 157 cm³/mol. The number of hydrogen-bond acceptors (Lipinski definition) is 6. The molecule has 2 aromatic carbocycles. The van der Waals surface area contributed by atoms with Crippen molar-refractivity contribution in [1.29, 1.82) is 0 Å². The maximum absolute atomic E-state index is 13.1. The van der Waals surface area contributed by atoms with E-state index in [1.807, 2.05) is 32.9 Å². The zero-order valence-corrected chi connectivity index (χ0v) is 24.2. The van der Waals surface area contributed by atoms with Crippen LogP contribution in [0.25, 0.3) is 11.1 Å². The van der Waals surface area contributed by atoms with E-state index in [0.29, 0.717) is 35.7 Å². The Morgan fingerprint density at radius 2 is 1.64 bits per heavy atom. The smallest absolute Gasteiger partial charge is 0.416 e. The highest BCUT2D eigenvalue weighted by atomic mass is 19.4. The van der Waals surface area contributed by atoms with Crippen LogP contribution in [-0.4, -0.2) is 54.5 Å². The number of esters is 1. The third-order valence-corrected chi connectivity index (χ3v) is 7.65. The van der Waals surface area contributed by atoms with Gasteiger partial charge in [-0.15, -0.1) is 0 Å². The minimum Gasteiger partial charge on any atom is -0.466 e. The average molecular weight is 583 g/mol. The van der Waals surface area contributed by atoms with Crippen molar-refractivity contribution in [3.63, 3.8) is 0 Å². The summed E-state index contributed by atoms with van der Waals surface area (Å²) in [4.78, 5) is 33.9. The number of carbonyl (C=O) groups is 2. The van der Waals surface area contributed by atoms with E-state index in [2.05, 4.69) is 20.1 Å². The molecule has 1 fully saturated rings. The van der Waals surface area contributed by atoms with Crippen molar-refractivity contribution in [1.82, 2.24) is 9.88 Å². The molecule has 0 saturated carbocycles. The maximum atomic E-state index is 13.1. The van der Waals surface area contributed by atoms with E-state index < -0.39 is 11.7 Å². The van der Waals surface area contributed by atoms with Crippen LogP contribution in [0.1, 0.15) is 55.1 Å². The van der Waals surface area contributed by atoms with Crippen molar-refractivity contribution in [2.45, 2.75) is 46.3 Å². The van der Waals surface area contributed by atoms with E-state index in [1.165, 1.54) is 12.1 Å². The van der Waals surface area contributed by atoms with E-state index in [4.69, 9.17) is 4.74 Å². The summed E-state index contributed by atoms with van der Waals surface area (Å²) in [5.74, 6) is -0.157. The number of piperidine rings is 1. The third-order valence-electron chi connectivity index (χ3n) is 7.65. The summed E-state index contributed by atoms with van der Waals surface area (Å²) in [5.41, 5.74) is 2.93. The predicted octanol–water partition coefficient (Wildman–Crippen LogP) is 6.64. The summed E-state index contributed by atoms with van der Waals surface area (Å²) in [6.45, 7) is 9.88. The number of anilines is 2. The van der Waals surface area contributed by atoms with Gasteiger partial charge in [-0.05, 0) is 86.4 Å². The number of alkyl halides is 3. The summed E-state index contributed by atoms with van der Waals surface area (Å²) in [5, 5.41) is 2.86. The van der Waals surface area contributed by atoms with Crippen molar-refractivity contribution in [2.75, 3.05) is 43.0 Å². The number of pyridine rings is 1. The summed E-state index contributed by atoms with van der Waals surface area (Å²) >= 11 is 0. The Balaban J connectivity index is 1.47. The fourth-order valence-corrected chi connectivity index (χ4v) is 5.13. The highest BCUT2D eigenvalue weighted by Crippen LogP contribution is 2.33. The Hall–Kier alpha value is -3.92. The van der Waals surface area contributed by atoms with Crippen molar-refractivity contribution < 1.29 is 27.5 Å². The molecular weight excluding hydrogens is 545 g/mol. The Kier molecular flexibility index (Phi) is 10.2. The lowest BCUT2D eigenvalue weighted by Gasteiger charge is -2.32. The van der Waals surface area contributed by atoms with E-state index in [1.54, 1.807) is 24.4 Å². The van der Waals surface area contributed by atoms with Gasteiger partial charge in [-0.1, -0.05) is 26.0 Å². The standard InChI is InChI=1S/C32H37F3N4O3/c1-4-38(5-2)21-25-19-29(36-20-28(25)22-7-11-26(12-8-22)32(33,34)35)37-30(40)23-9-13-27(14-10-23)39-17-15-24(16-18-39)31(41)42-6-3/h7-14,19-20,24H,4-6,15-18,21H2,1-3H3,(H,36,37,40). The molecule has 0 radical (unpaired) electrons. The summed E-state index contributed by atoms with van der Waals surface area (Å²) in [6, 6.07) is 14.1. The molecule has 1 saturated heterocycles. The first-order chi connectivity index (χ1) is 20.1. The van der Waals surface area contributed by atoms with Gasteiger partial charge < -0.3 is 15.0 Å². The Morgan fingerprint density at radius 3 is 2.21 bits per heavy atom. The zero-order valence-electron chi connectivity index (χ0n) is 24.2. The second-order valence-electron chi connectivity index (χ2n) is 10.3. The first-order valence-electron chi connectivity index (χ1n) is 14.3. The van der Waals surface area contributed by atoms with Gasteiger partial charge in [-0.3, -0.25) is 14.5 Å². The van der Waals surface area contributed by atoms with Crippen LogP contribution in [-0.2, 0) is 22.3 Å². The van der Waals surface area contributed by atoms with Gasteiger partial charge in [0.25, 0.3) is 5.91 Å². The van der Waals surface area contributed by atoms with E-state index in [0.717, 1.165) is 62.4 Å². The average Bonchev–Trinajstić information content (AvgIpc) is 3.00. The normalized spacial score (nSPS) is 14.2. The summed E-state index contributed by atoms with van der Waals surface area (Å²) in [7, 11) is 0. The van der Waals surface area contributed by atoms with Crippen LogP contribution in [0, 0.1) is 5.92 Å². The molecule has 1 aliphatic rings. The lowest BCUT2D eigenvalue weighted by atomic mass is 9.96. The number of nitrogens with zero attached hydrogens (tertiary/aromatic N) is 3. The zero-order chi connectivity index (χ0) is 30.3. The fourth-order valence-electron chi connectivity index (χ4n) is 5.13. The lowest BCUT2D eigenvalue weighted by Crippen LogP contribution is -2.37. The van der Waals surface area contributed by atoms with E-state index in [9.17, 15) is 22.8 Å². The number of halogens is 3. The molecule has 0 spiro atoms. The number of nitrogens with one attached hydrogen (secondary N) is 1. The van der Waals surface area contributed by atoms with Gasteiger partial charge in [0, 0.05) is 42.6 Å². The number of ether oxygens (including phenoxy) is 1. The molecule has 1 aromatic heterocycles. The molecule has 10 heteroatoms. The molecule has 7 nitrogen and oxygen atoms in total. The largest absolute Gasteiger partial charge is 0.466 e. The van der Waals surface area contributed by atoms with Crippen molar-refractivity contribution in [2.24, 2.45) is 5.92 Å². The molecule has 1 amide bonds. The van der Waals surface area contributed by atoms with Gasteiger partial charge in [-0.2, -0.15) is 13.2 Å². The molecule has 4 rings (SSSR count). The molecule has 2 heterocycles. The van der Waals surface area contributed by atoms with Crippen LogP contribution in [0.4, 0.5) is 24.7 Å². The Morgan fingerprint density at radius 1 is 1.00 bits per heavy atom. The second kappa shape index (κ2) is 13.8. The molecule has 3 aromatic rings. The second-order valence-corrected chi connectivity index (χ2v) is 10.3. The molecule has 1 aliphatic heterocycles. The van der Waals surface area contributed by atoms with E-state index >= 15 is 0 Å². The number of aromatic nitrogens is 1. The minimum absolute atomic E-state index is 0.0731.